The number of hydrogen-bond donors (Lipinski definition) is 0. The van der Waals surface area contributed by atoms with E-state index in [1.165, 1.54) is 0 Å². The summed E-state index contributed by atoms with van der Waals surface area (Å²) >= 11 is 1.61. The topological polar surface area (TPSA) is 79.5 Å². The fourth-order valence-corrected chi connectivity index (χ4v) is 6.90. The molecular formula is C30H26N4O3S. The number of anilines is 2. The van der Waals surface area contributed by atoms with Crippen molar-refractivity contribution in [1.82, 2.24) is 10.1 Å². The number of aromatic nitrogens is 2. The van der Waals surface area contributed by atoms with Gasteiger partial charge in [-0.1, -0.05) is 60.1 Å². The molecule has 190 valence electrons. The summed E-state index contributed by atoms with van der Waals surface area (Å²) in [5.41, 5.74) is 3.39. The number of fused-ring (bicyclic) bond motifs is 2. The SMILES string of the molecule is O=C1C[C@@H](c2nc(-c3ccc4c(c3)Sc3ccccc3C(=O)N4C3CCCC3)no2)CN1c1ccccc1. The van der Waals surface area contributed by atoms with Gasteiger partial charge < -0.3 is 14.3 Å². The fourth-order valence-electron chi connectivity index (χ4n) is 5.80. The molecule has 1 aromatic heterocycles. The van der Waals surface area contributed by atoms with E-state index in [0.29, 0.717) is 24.7 Å². The monoisotopic (exact) mass is 522 g/mol. The molecule has 38 heavy (non-hydrogen) atoms. The molecule has 2 fully saturated rings. The molecule has 2 aliphatic heterocycles. The maximum Gasteiger partial charge on any atom is 0.259 e. The highest BCUT2D eigenvalue weighted by molar-refractivity contribution is 7.99. The second-order valence-electron chi connectivity index (χ2n) is 10.1. The van der Waals surface area contributed by atoms with E-state index in [2.05, 4.69) is 11.2 Å². The third-order valence-electron chi connectivity index (χ3n) is 7.71. The van der Waals surface area contributed by atoms with Crippen LogP contribution in [0.25, 0.3) is 11.4 Å². The van der Waals surface area contributed by atoms with E-state index in [1.54, 1.807) is 16.7 Å². The van der Waals surface area contributed by atoms with E-state index < -0.39 is 0 Å². The molecule has 0 spiro atoms. The van der Waals surface area contributed by atoms with E-state index in [1.807, 2.05) is 71.6 Å². The normalized spacial score (nSPS) is 19.5. The maximum absolute atomic E-state index is 13.7. The molecule has 0 N–H and O–H groups in total. The summed E-state index contributed by atoms with van der Waals surface area (Å²) in [4.78, 5) is 36.8. The van der Waals surface area contributed by atoms with Crippen LogP contribution in [0.15, 0.2) is 87.1 Å². The quantitative estimate of drug-likeness (QED) is 0.312. The van der Waals surface area contributed by atoms with Gasteiger partial charge in [-0.15, -0.1) is 0 Å². The molecule has 0 unspecified atom stereocenters. The van der Waals surface area contributed by atoms with Crippen molar-refractivity contribution in [3.8, 4) is 11.4 Å². The first-order chi connectivity index (χ1) is 18.7. The number of nitrogens with zero attached hydrogens (tertiary/aromatic N) is 4. The van der Waals surface area contributed by atoms with E-state index >= 15 is 0 Å². The van der Waals surface area contributed by atoms with Gasteiger partial charge in [-0.25, -0.2) is 0 Å². The summed E-state index contributed by atoms with van der Waals surface area (Å²) in [6.45, 7) is 0.514. The second-order valence-corrected chi connectivity index (χ2v) is 11.2. The van der Waals surface area contributed by atoms with Crippen molar-refractivity contribution in [2.75, 3.05) is 16.3 Å². The standard InChI is InChI=1S/C30H26N4O3S/c35-27-17-20(18-33(27)21-8-2-1-3-9-21)29-31-28(32-37-29)19-14-15-24-26(16-19)38-25-13-7-6-12-23(25)30(36)34(24)22-10-4-5-11-22/h1-3,6-9,12-16,20,22H,4-5,10-11,17-18H2/t20-/m1/s1. The summed E-state index contributed by atoms with van der Waals surface area (Å²) in [6, 6.07) is 23.8. The van der Waals surface area contributed by atoms with Gasteiger partial charge in [0.25, 0.3) is 5.91 Å². The Morgan fingerprint density at radius 2 is 1.68 bits per heavy atom. The summed E-state index contributed by atoms with van der Waals surface area (Å²) in [5.74, 6) is 0.939. The van der Waals surface area contributed by atoms with E-state index in [9.17, 15) is 9.59 Å². The smallest absolute Gasteiger partial charge is 0.259 e. The molecule has 4 aromatic rings. The number of rotatable bonds is 4. The molecular weight excluding hydrogens is 496 g/mol. The van der Waals surface area contributed by atoms with Gasteiger partial charge in [-0.3, -0.25) is 9.59 Å². The summed E-state index contributed by atoms with van der Waals surface area (Å²) in [7, 11) is 0. The van der Waals surface area contributed by atoms with Crippen LogP contribution in [0.3, 0.4) is 0 Å². The number of hydrogen-bond acceptors (Lipinski definition) is 6. The van der Waals surface area contributed by atoms with Crippen molar-refractivity contribution >= 4 is 35.0 Å². The first-order valence-electron chi connectivity index (χ1n) is 13.1. The van der Waals surface area contributed by atoms with Crippen LogP contribution >= 0.6 is 11.8 Å². The lowest BCUT2D eigenvalue weighted by Crippen LogP contribution is -2.39. The van der Waals surface area contributed by atoms with E-state index in [0.717, 1.165) is 58.0 Å². The van der Waals surface area contributed by atoms with Crippen molar-refractivity contribution in [2.45, 2.75) is 53.9 Å². The Balaban J connectivity index is 1.20. The van der Waals surface area contributed by atoms with Crippen molar-refractivity contribution in [1.29, 1.82) is 0 Å². The van der Waals surface area contributed by atoms with Crippen LogP contribution in [0.4, 0.5) is 11.4 Å². The van der Waals surface area contributed by atoms with Crippen molar-refractivity contribution < 1.29 is 14.1 Å². The van der Waals surface area contributed by atoms with Crippen molar-refractivity contribution in [2.24, 2.45) is 0 Å². The number of benzene rings is 3. The molecule has 3 aromatic carbocycles. The van der Waals surface area contributed by atoms with Crippen LogP contribution in [-0.2, 0) is 4.79 Å². The molecule has 8 heteroatoms. The molecule has 1 atom stereocenters. The predicted molar refractivity (Wildman–Crippen MR) is 146 cm³/mol. The fraction of sp³-hybridized carbons (Fsp3) is 0.267. The Bertz CT molecular complexity index is 1530. The Kier molecular flexibility index (Phi) is 5.77. The van der Waals surface area contributed by atoms with Gasteiger partial charge in [0.2, 0.25) is 17.6 Å². The second kappa shape index (κ2) is 9.44. The van der Waals surface area contributed by atoms with Crippen molar-refractivity contribution in [3.05, 3.63) is 84.3 Å². The highest BCUT2D eigenvalue weighted by Crippen LogP contribution is 2.45. The minimum atomic E-state index is -0.151. The number of carbonyl (C=O) groups excluding carboxylic acids is 2. The Morgan fingerprint density at radius 1 is 0.895 bits per heavy atom. The van der Waals surface area contributed by atoms with Gasteiger partial charge in [0.05, 0.1) is 17.2 Å². The molecule has 1 aliphatic carbocycles. The molecule has 0 bridgehead atoms. The third-order valence-corrected chi connectivity index (χ3v) is 8.83. The van der Waals surface area contributed by atoms with E-state index in [4.69, 9.17) is 9.51 Å². The molecule has 7 nitrogen and oxygen atoms in total. The largest absolute Gasteiger partial charge is 0.339 e. The Morgan fingerprint density at radius 3 is 2.53 bits per heavy atom. The van der Waals surface area contributed by atoms with E-state index in [-0.39, 0.29) is 23.8 Å². The number of carbonyl (C=O) groups is 2. The van der Waals surface area contributed by atoms with Gasteiger partial charge in [0, 0.05) is 40.0 Å². The highest BCUT2D eigenvalue weighted by atomic mass is 32.2. The molecule has 2 amide bonds. The van der Waals surface area contributed by atoms with Gasteiger partial charge in [-0.2, -0.15) is 4.98 Å². The molecule has 3 heterocycles. The lowest BCUT2D eigenvalue weighted by Gasteiger charge is -2.29. The zero-order chi connectivity index (χ0) is 25.6. The molecule has 7 rings (SSSR count). The van der Waals surface area contributed by atoms with Crippen LogP contribution in [0.2, 0.25) is 0 Å². The minimum Gasteiger partial charge on any atom is -0.339 e. The highest BCUT2D eigenvalue weighted by Gasteiger charge is 2.36. The average Bonchev–Trinajstić information content (AvgIpc) is 3.71. The maximum atomic E-state index is 13.7. The lowest BCUT2D eigenvalue weighted by atomic mass is 10.1. The zero-order valence-electron chi connectivity index (χ0n) is 20.7. The van der Waals surface area contributed by atoms with Gasteiger partial charge >= 0.3 is 0 Å². The summed E-state index contributed by atoms with van der Waals surface area (Å²) < 4.78 is 5.67. The predicted octanol–water partition coefficient (Wildman–Crippen LogP) is 6.31. The van der Waals surface area contributed by atoms with Crippen LogP contribution in [-0.4, -0.2) is 34.5 Å². The minimum absolute atomic E-state index is 0.0534. The van der Waals surface area contributed by atoms with Crippen LogP contribution in [0.5, 0.6) is 0 Å². The Labute approximate surface area is 224 Å². The summed E-state index contributed by atoms with van der Waals surface area (Å²) in [6.07, 6.45) is 4.68. The zero-order valence-corrected chi connectivity index (χ0v) is 21.6. The average molecular weight is 523 g/mol. The third kappa shape index (κ3) is 4.00. The number of amides is 2. The van der Waals surface area contributed by atoms with Crippen LogP contribution in [0, 0.1) is 0 Å². The molecule has 1 saturated carbocycles. The van der Waals surface area contributed by atoms with Gasteiger partial charge in [-0.05, 0) is 55.3 Å². The molecule has 1 saturated heterocycles. The van der Waals surface area contributed by atoms with Crippen LogP contribution < -0.4 is 9.80 Å². The van der Waals surface area contributed by atoms with Crippen molar-refractivity contribution in [3.63, 3.8) is 0 Å². The first-order valence-corrected chi connectivity index (χ1v) is 13.9. The summed E-state index contributed by atoms with van der Waals surface area (Å²) in [5, 5.41) is 4.28. The lowest BCUT2D eigenvalue weighted by molar-refractivity contribution is -0.117. The van der Waals surface area contributed by atoms with Crippen LogP contribution in [0.1, 0.15) is 54.3 Å². The number of para-hydroxylation sites is 1. The van der Waals surface area contributed by atoms with Gasteiger partial charge in [0.15, 0.2) is 0 Å². The molecule has 3 aliphatic rings. The first kappa shape index (κ1) is 23.2. The molecule has 0 radical (unpaired) electrons. The van der Waals surface area contributed by atoms with Gasteiger partial charge in [0.1, 0.15) is 0 Å². The Hall–Kier alpha value is -3.91.